The van der Waals surface area contributed by atoms with Crippen LogP contribution in [0.4, 0.5) is 0 Å². The summed E-state index contributed by atoms with van der Waals surface area (Å²) >= 11 is 3.09. The third-order valence-corrected chi connectivity index (χ3v) is 3.48. The third kappa shape index (κ3) is 3.77. The Labute approximate surface area is 98.4 Å². The third-order valence-electron chi connectivity index (χ3n) is 1.79. The molecule has 0 amide bonds. The van der Waals surface area contributed by atoms with Crippen LogP contribution < -0.4 is 4.72 Å². The molecule has 0 fully saturated rings. The zero-order valence-electron chi connectivity index (χ0n) is 8.33. The van der Waals surface area contributed by atoms with Crippen molar-refractivity contribution in [3.63, 3.8) is 0 Å². The highest BCUT2D eigenvalue weighted by Gasteiger charge is 2.12. The van der Waals surface area contributed by atoms with E-state index >= 15 is 0 Å². The normalized spacial score (nSPS) is 11.3. The molecule has 0 aliphatic carbocycles. The molecular weight excluding hydrogens is 278 g/mol. The van der Waals surface area contributed by atoms with E-state index in [0.717, 1.165) is 5.56 Å². The topological polar surface area (TPSA) is 46.2 Å². The molecule has 1 N–H and O–H groups in total. The van der Waals surface area contributed by atoms with Gasteiger partial charge in [-0.05, 0) is 19.1 Å². The van der Waals surface area contributed by atoms with Crippen molar-refractivity contribution in [1.82, 2.24) is 4.72 Å². The first-order valence-electron chi connectivity index (χ1n) is 4.31. The van der Waals surface area contributed by atoms with Crippen LogP contribution in [0.3, 0.4) is 0 Å². The quantitative estimate of drug-likeness (QED) is 0.924. The van der Waals surface area contributed by atoms with E-state index in [-0.39, 0.29) is 11.4 Å². The van der Waals surface area contributed by atoms with Crippen LogP contribution in [0.5, 0.6) is 0 Å². The van der Waals surface area contributed by atoms with Crippen molar-refractivity contribution in [3.8, 4) is 0 Å². The van der Waals surface area contributed by atoms with E-state index in [9.17, 15) is 8.42 Å². The van der Waals surface area contributed by atoms with Crippen LogP contribution in [0.25, 0.3) is 0 Å². The molecule has 0 saturated heterocycles. The Balaban J connectivity index is 2.87. The zero-order chi connectivity index (χ0) is 11.5. The molecule has 1 aromatic rings. The Kier molecular flexibility index (Phi) is 4.07. The van der Waals surface area contributed by atoms with Gasteiger partial charge in [-0.25, -0.2) is 13.1 Å². The molecule has 1 rings (SSSR count). The fraction of sp³-hybridized carbons (Fsp3) is 0.200. The predicted molar refractivity (Wildman–Crippen MR) is 64.4 cm³/mol. The maximum atomic E-state index is 11.7. The lowest BCUT2D eigenvalue weighted by molar-refractivity contribution is 0.585. The van der Waals surface area contributed by atoms with E-state index in [0.29, 0.717) is 4.48 Å². The number of hydrogen-bond acceptors (Lipinski definition) is 2. The average Bonchev–Trinajstić information content (AvgIpc) is 2.16. The van der Waals surface area contributed by atoms with Gasteiger partial charge in [0.15, 0.2) is 0 Å². The zero-order valence-corrected chi connectivity index (χ0v) is 10.7. The number of nitrogens with one attached hydrogen (secondary N) is 1. The fourth-order valence-electron chi connectivity index (χ4n) is 0.974. The van der Waals surface area contributed by atoms with Crippen molar-refractivity contribution in [2.45, 2.75) is 11.8 Å². The number of hydrogen-bond donors (Lipinski definition) is 1. The molecule has 3 nitrogen and oxygen atoms in total. The number of sulfonamides is 1. The molecule has 82 valence electrons. The van der Waals surface area contributed by atoms with E-state index in [1.54, 1.807) is 24.3 Å². The second-order valence-corrected chi connectivity index (χ2v) is 6.04. The van der Waals surface area contributed by atoms with Gasteiger partial charge < -0.3 is 0 Å². The van der Waals surface area contributed by atoms with Gasteiger partial charge in [0.2, 0.25) is 10.0 Å². The molecular formula is C10H12BrNO2S. The number of aryl methyl sites for hydroxylation is 1. The van der Waals surface area contributed by atoms with E-state index in [2.05, 4.69) is 27.2 Å². The summed E-state index contributed by atoms with van der Waals surface area (Å²) in [5, 5.41) is 0. The van der Waals surface area contributed by atoms with Crippen LogP contribution in [0, 0.1) is 6.92 Å². The predicted octanol–water partition coefficient (Wildman–Crippen LogP) is 2.18. The molecule has 0 radical (unpaired) electrons. The van der Waals surface area contributed by atoms with Crippen molar-refractivity contribution < 1.29 is 8.42 Å². The van der Waals surface area contributed by atoms with Gasteiger partial charge in [-0.2, -0.15) is 0 Å². The highest BCUT2D eigenvalue weighted by Crippen LogP contribution is 2.10. The molecule has 0 heterocycles. The Hall–Kier alpha value is -0.650. The van der Waals surface area contributed by atoms with Gasteiger partial charge in [0, 0.05) is 11.0 Å². The van der Waals surface area contributed by atoms with Crippen LogP contribution in [0.15, 0.2) is 40.2 Å². The first kappa shape index (κ1) is 12.4. The lowest BCUT2D eigenvalue weighted by atomic mass is 10.2. The van der Waals surface area contributed by atoms with Crippen LogP contribution in [-0.2, 0) is 10.0 Å². The Morgan fingerprint density at radius 2 is 1.93 bits per heavy atom. The second-order valence-electron chi connectivity index (χ2n) is 3.15. The minimum Gasteiger partial charge on any atom is -0.207 e. The standard InChI is InChI=1S/C10H12BrNO2S/c1-8-3-5-10(6-4-8)15(13,14)12-7-9(2)11/h3-6,12H,2,7H2,1H3. The van der Waals surface area contributed by atoms with E-state index in [1.165, 1.54) is 0 Å². The molecule has 1 aromatic carbocycles. The number of benzene rings is 1. The Morgan fingerprint density at radius 1 is 1.40 bits per heavy atom. The molecule has 0 saturated carbocycles. The summed E-state index contributed by atoms with van der Waals surface area (Å²) in [4.78, 5) is 0.266. The summed E-state index contributed by atoms with van der Waals surface area (Å²) in [7, 11) is -3.41. The maximum Gasteiger partial charge on any atom is 0.240 e. The van der Waals surface area contributed by atoms with E-state index < -0.39 is 10.0 Å². The van der Waals surface area contributed by atoms with Crippen molar-refractivity contribution in [3.05, 3.63) is 40.9 Å². The van der Waals surface area contributed by atoms with Gasteiger partial charge in [-0.15, -0.1) is 0 Å². The monoisotopic (exact) mass is 289 g/mol. The van der Waals surface area contributed by atoms with Crippen LogP contribution >= 0.6 is 15.9 Å². The molecule has 0 bridgehead atoms. The number of rotatable bonds is 4. The highest BCUT2D eigenvalue weighted by atomic mass is 79.9. The van der Waals surface area contributed by atoms with Crippen molar-refractivity contribution in [1.29, 1.82) is 0 Å². The largest absolute Gasteiger partial charge is 0.240 e. The van der Waals surface area contributed by atoms with Crippen molar-refractivity contribution in [2.24, 2.45) is 0 Å². The summed E-state index contributed by atoms with van der Waals surface area (Å²) in [5.41, 5.74) is 1.03. The molecule has 0 unspecified atom stereocenters. The van der Waals surface area contributed by atoms with Gasteiger partial charge >= 0.3 is 0 Å². The summed E-state index contributed by atoms with van der Waals surface area (Å²) in [6, 6.07) is 6.68. The lowest BCUT2D eigenvalue weighted by Gasteiger charge is -2.05. The fourth-order valence-corrected chi connectivity index (χ4v) is 2.33. The Bertz CT molecular complexity index is 451. The van der Waals surface area contributed by atoms with Gasteiger partial charge in [0.1, 0.15) is 0 Å². The van der Waals surface area contributed by atoms with E-state index in [4.69, 9.17) is 0 Å². The summed E-state index contributed by atoms with van der Waals surface area (Å²) in [5.74, 6) is 0. The molecule has 15 heavy (non-hydrogen) atoms. The highest BCUT2D eigenvalue weighted by molar-refractivity contribution is 9.11. The van der Waals surface area contributed by atoms with E-state index in [1.807, 2.05) is 6.92 Å². The Morgan fingerprint density at radius 3 is 2.40 bits per heavy atom. The van der Waals surface area contributed by atoms with Crippen LogP contribution in [0.1, 0.15) is 5.56 Å². The molecule has 0 aliphatic rings. The minimum absolute atomic E-state index is 0.191. The lowest BCUT2D eigenvalue weighted by Crippen LogP contribution is -2.24. The first-order valence-corrected chi connectivity index (χ1v) is 6.59. The van der Waals surface area contributed by atoms with Crippen molar-refractivity contribution in [2.75, 3.05) is 6.54 Å². The molecule has 5 heteroatoms. The number of halogens is 1. The van der Waals surface area contributed by atoms with Gasteiger partial charge in [-0.1, -0.05) is 40.2 Å². The maximum absolute atomic E-state index is 11.7. The average molecular weight is 290 g/mol. The summed E-state index contributed by atoms with van der Waals surface area (Å²) in [6.45, 7) is 5.65. The summed E-state index contributed by atoms with van der Waals surface area (Å²) in [6.07, 6.45) is 0. The molecule has 0 atom stereocenters. The molecule has 0 spiro atoms. The van der Waals surface area contributed by atoms with Crippen LogP contribution in [0.2, 0.25) is 0 Å². The van der Waals surface area contributed by atoms with Crippen molar-refractivity contribution >= 4 is 26.0 Å². The molecule has 0 aliphatic heterocycles. The first-order chi connectivity index (χ1) is 6.92. The van der Waals surface area contributed by atoms with Gasteiger partial charge in [-0.3, -0.25) is 0 Å². The van der Waals surface area contributed by atoms with Gasteiger partial charge in [0.05, 0.1) is 4.90 Å². The SMILES string of the molecule is C=C(Br)CNS(=O)(=O)c1ccc(C)cc1. The smallest absolute Gasteiger partial charge is 0.207 e. The second kappa shape index (κ2) is 4.92. The minimum atomic E-state index is -3.41. The van der Waals surface area contributed by atoms with Gasteiger partial charge in [0.25, 0.3) is 0 Å². The summed E-state index contributed by atoms with van der Waals surface area (Å²) < 4.78 is 26.4. The molecule has 0 aromatic heterocycles. The van der Waals surface area contributed by atoms with Crippen LogP contribution in [-0.4, -0.2) is 15.0 Å².